The zero-order valence-electron chi connectivity index (χ0n) is 14.2. The Morgan fingerprint density at radius 2 is 1.88 bits per heavy atom. The van der Waals surface area contributed by atoms with Gasteiger partial charge in [0, 0.05) is 17.5 Å². The Balaban J connectivity index is 1.75. The number of aryl methyl sites for hydroxylation is 1. The minimum atomic E-state index is -3.11. The van der Waals surface area contributed by atoms with Crippen molar-refractivity contribution in [1.82, 2.24) is 20.2 Å². The summed E-state index contributed by atoms with van der Waals surface area (Å²) in [5.74, 6) is 0.291. The molecule has 1 heterocycles. The molecule has 1 amide bonds. The third-order valence-electron chi connectivity index (χ3n) is 3.62. The number of carbonyl (C=O) groups excluding carboxylic acids is 1. The average molecular weight is 371 g/mol. The maximum absolute atomic E-state index is 12.4. The molecule has 3 aromatic rings. The molecule has 134 valence electrons. The van der Waals surface area contributed by atoms with Crippen molar-refractivity contribution in [3.8, 4) is 5.69 Å². The number of sulfone groups is 1. The highest BCUT2D eigenvalue weighted by Gasteiger charge is 2.10. The van der Waals surface area contributed by atoms with Gasteiger partial charge in [0.05, 0.1) is 11.4 Å². The Hall–Kier alpha value is -3.07. The van der Waals surface area contributed by atoms with E-state index in [1.165, 1.54) is 6.26 Å². The molecular weight excluding hydrogens is 354 g/mol. The molecule has 0 saturated heterocycles. The van der Waals surface area contributed by atoms with Crippen LogP contribution in [-0.4, -0.2) is 40.8 Å². The third kappa shape index (κ3) is 4.31. The number of aromatic nitrogens is 4. The molecule has 26 heavy (non-hydrogen) atoms. The number of tetrazole rings is 1. The summed E-state index contributed by atoms with van der Waals surface area (Å²) in [7, 11) is -3.11. The van der Waals surface area contributed by atoms with E-state index in [1.54, 1.807) is 54.1 Å². The molecule has 0 aliphatic carbocycles. The van der Waals surface area contributed by atoms with E-state index in [2.05, 4.69) is 20.8 Å². The van der Waals surface area contributed by atoms with Crippen molar-refractivity contribution < 1.29 is 13.2 Å². The van der Waals surface area contributed by atoms with Gasteiger partial charge >= 0.3 is 0 Å². The first-order valence-electron chi connectivity index (χ1n) is 7.75. The highest BCUT2D eigenvalue weighted by molar-refractivity contribution is 7.89. The maximum Gasteiger partial charge on any atom is 0.255 e. The molecule has 8 nitrogen and oxygen atoms in total. The lowest BCUT2D eigenvalue weighted by molar-refractivity contribution is 0.102. The fraction of sp³-hybridized carbons (Fsp3) is 0.176. The van der Waals surface area contributed by atoms with Crippen LogP contribution in [0, 0.1) is 6.92 Å². The molecule has 1 N–H and O–H groups in total. The second-order valence-corrected chi connectivity index (χ2v) is 8.05. The first kappa shape index (κ1) is 17.7. The highest BCUT2D eigenvalue weighted by atomic mass is 32.2. The van der Waals surface area contributed by atoms with Gasteiger partial charge in [0.15, 0.2) is 15.7 Å². The van der Waals surface area contributed by atoms with Crippen molar-refractivity contribution in [3.63, 3.8) is 0 Å². The third-order valence-corrected chi connectivity index (χ3v) is 4.48. The van der Waals surface area contributed by atoms with Crippen LogP contribution in [0.15, 0.2) is 48.5 Å². The minimum absolute atomic E-state index is 0.0533. The van der Waals surface area contributed by atoms with E-state index in [0.29, 0.717) is 22.6 Å². The van der Waals surface area contributed by atoms with Gasteiger partial charge in [-0.15, -0.1) is 5.10 Å². The molecule has 9 heteroatoms. The van der Waals surface area contributed by atoms with Crippen molar-refractivity contribution in [2.75, 3.05) is 11.6 Å². The topological polar surface area (TPSA) is 107 Å². The summed E-state index contributed by atoms with van der Waals surface area (Å²) in [5, 5.41) is 14.1. The van der Waals surface area contributed by atoms with Crippen LogP contribution in [0.4, 0.5) is 5.69 Å². The lowest BCUT2D eigenvalue weighted by Gasteiger charge is -2.08. The van der Waals surface area contributed by atoms with E-state index in [0.717, 1.165) is 5.69 Å². The number of carbonyl (C=O) groups is 1. The fourth-order valence-electron chi connectivity index (χ4n) is 2.44. The van der Waals surface area contributed by atoms with E-state index in [-0.39, 0.29) is 11.7 Å². The molecule has 0 aliphatic rings. The number of hydrogen-bond acceptors (Lipinski definition) is 6. The largest absolute Gasteiger partial charge is 0.322 e. The summed E-state index contributed by atoms with van der Waals surface area (Å²) in [6.07, 6.45) is 1.17. The normalized spacial score (nSPS) is 11.3. The minimum Gasteiger partial charge on any atom is -0.322 e. The molecule has 0 spiro atoms. The van der Waals surface area contributed by atoms with Gasteiger partial charge < -0.3 is 5.32 Å². The molecule has 0 radical (unpaired) electrons. The molecule has 0 aliphatic heterocycles. The SMILES string of the molecule is Cc1nnnn1-c1cccc(NC(=O)c2ccc(CS(C)(=O)=O)cc2)c1. The quantitative estimate of drug-likeness (QED) is 0.732. The molecule has 0 saturated carbocycles. The van der Waals surface area contributed by atoms with E-state index >= 15 is 0 Å². The first-order valence-corrected chi connectivity index (χ1v) is 9.81. The molecular formula is C17H17N5O3S. The van der Waals surface area contributed by atoms with Crippen LogP contribution in [0.2, 0.25) is 0 Å². The smallest absolute Gasteiger partial charge is 0.255 e. The van der Waals surface area contributed by atoms with Gasteiger partial charge in [0.1, 0.15) is 0 Å². The van der Waals surface area contributed by atoms with Crippen molar-refractivity contribution in [1.29, 1.82) is 0 Å². The number of anilines is 1. The van der Waals surface area contributed by atoms with Gasteiger partial charge in [-0.05, 0) is 53.2 Å². The Labute approximate surface area is 150 Å². The van der Waals surface area contributed by atoms with Gasteiger partial charge in [-0.2, -0.15) is 4.68 Å². The first-order chi connectivity index (χ1) is 12.3. The summed E-state index contributed by atoms with van der Waals surface area (Å²) in [6, 6.07) is 13.6. The molecule has 0 bridgehead atoms. The van der Waals surface area contributed by atoms with E-state index < -0.39 is 9.84 Å². The van der Waals surface area contributed by atoms with Crippen LogP contribution in [-0.2, 0) is 15.6 Å². The van der Waals surface area contributed by atoms with Gasteiger partial charge in [-0.3, -0.25) is 4.79 Å². The summed E-state index contributed by atoms with van der Waals surface area (Å²) in [4.78, 5) is 12.4. The Kier molecular flexibility index (Phi) is 4.81. The summed E-state index contributed by atoms with van der Waals surface area (Å²) >= 11 is 0. The van der Waals surface area contributed by atoms with Crippen LogP contribution in [0.1, 0.15) is 21.7 Å². The second kappa shape index (κ2) is 7.04. The Morgan fingerprint density at radius 1 is 1.15 bits per heavy atom. The maximum atomic E-state index is 12.4. The van der Waals surface area contributed by atoms with Gasteiger partial charge in [-0.25, -0.2) is 8.42 Å². The zero-order valence-corrected chi connectivity index (χ0v) is 15.1. The lowest BCUT2D eigenvalue weighted by Crippen LogP contribution is -2.12. The predicted molar refractivity (Wildman–Crippen MR) is 96.8 cm³/mol. The second-order valence-electron chi connectivity index (χ2n) is 5.91. The molecule has 2 aromatic carbocycles. The van der Waals surface area contributed by atoms with Crippen LogP contribution in [0.3, 0.4) is 0 Å². The van der Waals surface area contributed by atoms with E-state index in [4.69, 9.17) is 0 Å². The average Bonchev–Trinajstić information content (AvgIpc) is 3.00. The van der Waals surface area contributed by atoms with Gasteiger partial charge in [0.25, 0.3) is 5.91 Å². The molecule has 1 aromatic heterocycles. The highest BCUT2D eigenvalue weighted by Crippen LogP contribution is 2.16. The lowest BCUT2D eigenvalue weighted by atomic mass is 10.1. The standard InChI is InChI=1S/C17H17N5O3S/c1-12-19-20-21-22(12)16-5-3-4-15(10-16)18-17(23)14-8-6-13(7-9-14)11-26(2,24)25/h3-10H,11H2,1-2H3,(H,18,23). The Morgan fingerprint density at radius 3 is 2.50 bits per heavy atom. The Bertz CT molecular complexity index is 1040. The summed E-state index contributed by atoms with van der Waals surface area (Å²) < 4.78 is 24.2. The van der Waals surface area contributed by atoms with E-state index in [9.17, 15) is 13.2 Å². The summed E-state index contributed by atoms with van der Waals surface area (Å²) in [6.45, 7) is 1.78. The number of benzene rings is 2. The zero-order chi connectivity index (χ0) is 18.7. The van der Waals surface area contributed by atoms with Crippen LogP contribution < -0.4 is 5.32 Å². The van der Waals surface area contributed by atoms with Crippen molar-refractivity contribution in [2.45, 2.75) is 12.7 Å². The number of nitrogens with zero attached hydrogens (tertiary/aromatic N) is 4. The summed E-state index contributed by atoms with van der Waals surface area (Å²) in [5.41, 5.74) is 2.41. The molecule has 0 fully saturated rings. The fourth-order valence-corrected chi connectivity index (χ4v) is 3.24. The van der Waals surface area contributed by atoms with Crippen molar-refractivity contribution >= 4 is 21.4 Å². The molecule has 0 unspecified atom stereocenters. The van der Waals surface area contributed by atoms with Gasteiger partial charge in [0.2, 0.25) is 0 Å². The van der Waals surface area contributed by atoms with Crippen molar-refractivity contribution in [3.05, 3.63) is 65.5 Å². The molecule has 3 rings (SSSR count). The number of nitrogens with one attached hydrogen (secondary N) is 1. The number of rotatable bonds is 5. The van der Waals surface area contributed by atoms with Crippen molar-refractivity contribution in [2.24, 2.45) is 0 Å². The van der Waals surface area contributed by atoms with Crippen LogP contribution >= 0.6 is 0 Å². The van der Waals surface area contributed by atoms with Gasteiger partial charge in [-0.1, -0.05) is 18.2 Å². The molecule has 0 atom stereocenters. The monoisotopic (exact) mass is 371 g/mol. The van der Waals surface area contributed by atoms with E-state index in [1.807, 2.05) is 6.07 Å². The number of amides is 1. The predicted octanol–water partition coefficient (Wildman–Crippen LogP) is 1.77. The number of hydrogen-bond donors (Lipinski definition) is 1. The van der Waals surface area contributed by atoms with Crippen LogP contribution in [0.5, 0.6) is 0 Å². The van der Waals surface area contributed by atoms with Crippen LogP contribution in [0.25, 0.3) is 5.69 Å².